The van der Waals surface area contributed by atoms with Gasteiger partial charge in [-0.15, -0.1) is 11.3 Å². The maximum absolute atomic E-state index is 12.6. The van der Waals surface area contributed by atoms with Gasteiger partial charge in [0, 0.05) is 6.54 Å². The van der Waals surface area contributed by atoms with Crippen molar-refractivity contribution in [3.05, 3.63) is 15.6 Å². The summed E-state index contributed by atoms with van der Waals surface area (Å²) in [6.07, 6.45) is -4.78. The molecule has 0 aliphatic rings. The maximum atomic E-state index is 12.6. The Hall–Kier alpha value is -1.19. The molecule has 0 spiro atoms. The fraction of sp³-hybridized carbons (Fsp3) is 0.600. The molecule has 0 aromatic carbocycles. The number of carboxylic acids is 1. The van der Waals surface area contributed by atoms with Crippen molar-refractivity contribution in [2.75, 3.05) is 19.7 Å². The number of aromatic nitrogens is 1. The summed E-state index contributed by atoms with van der Waals surface area (Å²) in [7, 11) is 0. The minimum atomic E-state index is -4.78. The van der Waals surface area contributed by atoms with E-state index in [9.17, 15) is 18.0 Å². The van der Waals surface area contributed by atoms with Gasteiger partial charge in [0.2, 0.25) is 0 Å². The first kappa shape index (κ1) is 15.9. The van der Waals surface area contributed by atoms with Crippen LogP contribution in [0.2, 0.25) is 0 Å². The topological polar surface area (TPSA) is 73.7 Å². The van der Waals surface area contributed by atoms with E-state index in [4.69, 9.17) is 10.2 Å². The fourth-order valence-electron chi connectivity index (χ4n) is 1.45. The predicted octanol–water partition coefficient (Wildman–Crippen LogP) is 1.67. The van der Waals surface area contributed by atoms with Crippen molar-refractivity contribution in [3.63, 3.8) is 0 Å². The van der Waals surface area contributed by atoms with Crippen LogP contribution in [-0.4, -0.2) is 45.8 Å². The van der Waals surface area contributed by atoms with E-state index in [2.05, 4.69) is 4.98 Å². The summed E-state index contributed by atoms with van der Waals surface area (Å²) < 4.78 is 37.8. The molecule has 0 aliphatic carbocycles. The number of carboxylic acid groups (broad SMARTS) is 1. The molecule has 1 heterocycles. The van der Waals surface area contributed by atoms with E-state index in [1.165, 1.54) is 0 Å². The van der Waals surface area contributed by atoms with Crippen molar-refractivity contribution < 1.29 is 28.2 Å². The number of thiazole rings is 1. The summed E-state index contributed by atoms with van der Waals surface area (Å²) in [6.45, 7) is 2.55. The highest BCUT2D eigenvalue weighted by atomic mass is 32.1. The van der Waals surface area contributed by atoms with Crippen LogP contribution in [0.15, 0.2) is 0 Å². The second kappa shape index (κ2) is 6.31. The third kappa shape index (κ3) is 4.15. The molecule has 0 radical (unpaired) electrons. The van der Waals surface area contributed by atoms with Crippen LogP contribution in [0.4, 0.5) is 13.2 Å². The standard InChI is InChI=1S/C10H13F3N2O3S/c1-2-15(3-4-16)5-6-14-8(10(11,12)13)7(19-6)9(17)18/h16H,2-5H2,1H3,(H,17,18). The predicted molar refractivity (Wildman–Crippen MR) is 62.1 cm³/mol. The van der Waals surface area contributed by atoms with Crippen molar-refractivity contribution in [1.82, 2.24) is 9.88 Å². The van der Waals surface area contributed by atoms with E-state index < -0.39 is 22.7 Å². The lowest BCUT2D eigenvalue weighted by Gasteiger charge is -2.16. The van der Waals surface area contributed by atoms with Gasteiger partial charge in [0.15, 0.2) is 5.69 Å². The van der Waals surface area contributed by atoms with Gasteiger partial charge >= 0.3 is 12.1 Å². The Morgan fingerprint density at radius 2 is 2.11 bits per heavy atom. The Balaban J connectivity index is 3.01. The summed E-state index contributed by atoms with van der Waals surface area (Å²) in [4.78, 5) is 15.0. The molecule has 5 nitrogen and oxygen atoms in total. The number of alkyl halides is 3. The molecule has 19 heavy (non-hydrogen) atoms. The van der Waals surface area contributed by atoms with Crippen LogP contribution in [0.5, 0.6) is 0 Å². The Morgan fingerprint density at radius 3 is 2.47 bits per heavy atom. The Kier molecular flexibility index (Phi) is 5.27. The molecule has 1 aromatic rings. The summed E-state index contributed by atoms with van der Waals surface area (Å²) in [5.74, 6) is -1.64. The van der Waals surface area contributed by atoms with Gasteiger partial charge in [-0.2, -0.15) is 13.2 Å². The Morgan fingerprint density at radius 1 is 1.47 bits per heavy atom. The molecule has 1 aromatic heterocycles. The number of hydrogen-bond donors (Lipinski definition) is 2. The lowest BCUT2D eigenvalue weighted by atomic mass is 10.3. The van der Waals surface area contributed by atoms with Crippen LogP contribution >= 0.6 is 11.3 Å². The van der Waals surface area contributed by atoms with Gasteiger partial charge in [0.05, 0.1) is 13.2 Å². The zero-order valence-corrected chi connectivity index (χ0v) is 10.9. The van der Waals surface area contributed by atoms with Crippen molar-refractivity contribution in [3.8, 4) is 0 Å². The largest absolute Gasteiger partial charge is 0.477 e. The van der Waals surface area contributed by atoms with Crippen molar-refractivity contribution >= 4 is 17.3 Å². The molecular weight excluding hydrogens is 285 g/mol. The highest BCUT2D eigenvalue weighted by Gasteiger charge is 2.39. The van der Waals surface area contributed by atoms with E-state index in [-0.39, 0.29) is 18.2 Å². The number of nitrogens with zero attached hydrogens (tertiary/aromatic N) is 2. The lowest BCUT2D eigenvalue weighted by molar-refractivity contribution is -0.141. The van der Waals surface area contributed by atoms with Crippen molar-refractivity contribution in [1.29, 1.82) is 0 Å². The minimum absolute atomic E-state index is 0.0695. The van der Waals surface area contributed by atoms with E-state index in [0.29, 0.717) is 24.4 Å². The lowest BCUT2D eigenvalue weighted by Crippen LogP contribution is -2.26. The molecule has 108 valence electrons. The van der Waals surface area contributed by atoms with Gasteiger partial charge in [-0.1, -0.05) is 6.92 Å². The molecule has 0 amide bonds. The molecule has 0 aliphatic heterocycles. The van der Waals surface area contributed by atoms with Crippen LogP contribution in [0.1, 0.15) is 27.3 Å². The number of carbonyl (C=O) groups is 1. The zero-order chi connectivity index (χ0) is 14.6. The zero-order valence-electron chi connectivity index (χ0n) is 10.1. The number of rotatable bonds is 6. The molecule has 2 N–H and O–H groups in total. The molecular formula is C10H13F3N2O3S. The number of halogens is 3. The first-order chi connectivity index (χ1) is 8.79. The van der Waals surface area contributed by atoms with Crippen LogP contribution in [0.25, 0.3) is 0 Å². The molecule has 0 bridgehead atoms. The number of hydrogen-bond acceptors (Lipinski definition) is 5. The van der Waals surface area contributed by atoms with E-state index >= 15 is 0 Å². The number of aliphatic hydroxyl groups excluding tert-OH is 1. The summed E-state index contributed by atoms with van der Waals surface area (Å²) >= 11 is 0.510. The second-order valence-corrected chi connectivity index (χ2v) is 4.76. The third-order valence-electron chi connectivity index (χ3n) is 2.36. The minimum Gasteiger partial charge on any atom is -0.477 e. The fourth-order valence-corrected chi connectivity index (χ4v) is 2.42. The second-order valence-electron chi connectivity index (χ2n) is 3.68. The normalized spacial score (nSPS) is 12.1. The van der Waals surface area contributed by atoms with Gasteiger partial charge in [-0.3, -0.25) is 4.90 Å². The van der Waals surface area contributed by atoms with Gasteiger partial charge in [-0.25, -0.2) is 9.78 Å². The van der Waals surface area contributed by atoms with Crippen LogP contribution in [0.3, 0.4) is 0 Å². The summed E-state index contributed by atoms with van der Waals surface area (Å²) in [5, 5.41) is 17.6. The molecule has 1 rings (SSSR count). The highest BCUT2D eigenvalue weighted by molar-refractivity contribution is 7.13. The summed E-state index contributed by atoms with van der Waals surface area (Å²) in [5.41, 5.74) is -1.36. The molecule has 9 heteroatoms. The number of aliphatic hydroxyl groups is 1. The smallest absolute Gasteiger partial charge is 0.435 e. The van der Waals surface area contributed by atoms with Crippen molar-refractivity contribution in [2.45, 2.75) is 19.6 Å². The number of likely N-dealkylation sites (N-methyl/N-ethyl adjacent to an activating group) is 1. The third-order valence-corrected chi connectivity index (χ3v) is 3.38. The first-order valence-corrected chi connectivity index (χ1v) is 6.24. The van der Waals surface area contributed by atoms with E-state index in [0.717, 1.165) is 0 Å². The Labute approximate surface area is 111 Å². The maximum Gasteiger partial charge on any atom is 0.435 e. The van der Waals surface area contributed by atoms with Gasteiger partial charge in [0.25, 0.3) is 0 Å². The van der Waals surface area contributed by atoms with Crippen LogP contribution < -0.4 is 0 Å². The molecule has 0 fully saturated rings. The number of aromatic carboxylic acids is 1. The molecule has 0 atom stereocenters. The van der Waals surface area contributed by atoms with Gasteiger partial charge in [0.1, 0.15) is 9.88 Å². The van der Waals surface area contributed by atoms with Crippen LogP contribution in [-0.2, 0) is 12.7 Å². The monoisotopic (exact) mass is 298 g/mol. The van der Waals surface area contributed by atoms with E-state index in [1.54, 1.807) is 11.8 Å². The summed E-state index contributed by atoms with van der Waals surface area (Å²) in [6, 6.07) is 0. The van der Waals surface area contributed by atoms with Gasteiger partial charge < -0.3 is 10.2 Å². The average Bonchev–Trinajstić information content (AvgIpc) is 2.72. The van der Waals surface area contributed by atoms with E-state index in [1.807, 2.05) is 0 Å². The van der Waals surface area contributed by atoms with Crippen LogP contribution in [0, 0.1) is 0 Å². The molecule has 0 saturated heterocycles. The average molecular weight is 298 g/mol. The quantitative estimate of drug-likeness (QED) is 0.836. The first-order valence-electron chi connectivity index (χ1n) is 5.43. The molecule has 0 unspecified atom stereocenters. The molecule has 0 saturated carbocycles. The SMILES string of the molecule is CCN(CCO)Cc1nc(C(F)(F)F)c(C(=O)O)s1. The Bertz CT molecular complexity index is 448. The van der Waals surface area contributed by atoms with Crippen molar-refractivity contribution in [2.24, 2.45) is 0 Å². The van der Waals surface area contributed by atoms with Gasteiger partial charge in [-0.05, 0) is 6.54 Å². The highest BCUT2D eigenvalue weighted by Crippen LogP contribution is 2.34.